The van der Waals surface area contributed by atoms with Crippen LogP contribution in [0.2, 0.25) is 0 Å². The molecule has 0 aliphatic carbocycles. The van der Waals surface area contributed by atoms with Gasteiger partial charge >= 0.3 is 6.03 Å². The van der Waals surface area contributed by atoms with Gasteiger partial charge < -0.3 is 10.6 Å². The predicted molar refractivity (Wildman–Crippen MR) is 112 cm³/mol. The van der Waals surface area contributed by atoms with Gasteiger partial charge in [0.25, 0.3) is 0 Å². The molecule has 7 heteroatoms. The lowest BCUT2D eigenvalue weighted by atomic mass is 10.1. The molecule has 2 aromatic carbocycles. The van der Waals surface area contributed by atoms with Gasteiger partial charge in [-0.2, -0.15) is 0 Å². The van der Waals surface area contributed by atoms with E-state index in [-0.39, 0.29) is 18.4 Å². The Hall–Kier alpha value is -3.19. The zero-order chi connectivity index (χ0) is 19.5. The van der Waals surface area contributed by atoms with Gasteiger partial charge in [-0.3, -0.25) is 9.69 Å². The van der Waals surface area contributed by atoms with Crippen molar-refractivity contribution >= 4 is 34.6 Å². The van der Waals surface area contributed by atoms with E-state index in [0.29, 0.717) is 18.8 Å². The number of aryl methyl sites for hydroxylation is 1. The van der Waals surface area contributed by atoms with Crippen molar-refractivity contribution in [2.45, 2.75) is 13.3 Å². The molecule has 1 saturated heterocycles. The number of nitrogens with one attached hydrogen (secondary N) is 2. The molecule has 0 spiro atoms. The molecule has 6 nitrogen and oxygen atoms in total. The minimum absolute atomic E-state index is 0.0928. The number of aromatic nitrogens is 1. The van der Waals surface area contributed by atoms with Gasteiger partial charge in [0.2, 0.25) is 5.91 Å². The highest BCUT2D eigenvalue weighted by atomic mass is 32.1. The highest BCUT2D eigenvalue weighted by molar-refractivity contribution is 7.13. The molecular weight excluding hydrogens is 372 g/mol. The Morgan fingerprint density at radius 3 is 2.79 bits per heavy atom. The van der Waals surface area contributed by atoms with Gasteiger partial charge in [-0.1, -0.05) is 23.8 Å². The maximum atomic E-state index is 12.4. The quantitative estimate of drug-likeness (QED) is 0.693. The van der Waals surface area contributed by atoms with E-state index in [0.717, 1.165) is 22.0 Å². The first-order chi connectivity index (χ1) is 13.6. The molecule has 0 bridgehead atoms. The molecule has 142 valence electrons. The summed E-state index contributed by atoms with van der Waals surface area (Å²) in [7, 11) is 0. The molecule has 3 aromatic rings. The van der Waals surface area contributed by atoms with Gasteiger partial charge in [0.05, 0.1) is 12.1 Å². The number of anilines is 2. The normalized spacial score (nSPS) is 13.5. The lowest BCUT2D eigenvalue weighted by Gasteiger charge is -2.14. The first kappa shape index (κ1) is 18.2. The second kappa shape index (κ2) is 7.82. The van der Waals surface area contributed by atoms with Crippen molar-refractivity contribution < 1.29 is 9.59 Å². The molecule has 1 aliphatic rings. The third-order valence-corrected chi connectivity index (χ3v) is 5.42. The fourth-order valence-electron chi connectivity index (χ4n) is 3.11. The van der Waals surface area contributed by atoms with Crippen molar-refractivity contribution in [2.75, 3.05) is 23.3 Å². The van der Waals surface area contributed by atoms with Crippen LogP contribution in [0.4, 0.5) is 16.2 Å². The molecular formula is C21H20N4O2S. The molecule has 2 N–H and O–H groups in total. The fourth-order valence-corrected chi connectivity index (χ4v) is 3.93. The minimum Gasteiger partial charge on any atom is -0.336 e. The first-order valence-electron chi connectivity index (χ1n) is 9.05. The van der Waals surface area contributed by atoms with Gasteiger partial charge in [-0.15, -0.1) is 11.3 Å². The summed E-state index contributed by atoms with van der Waals surface area (Å²) in [5, 5.41) is 8.49. The summed E-state index contributed by atoms with van der Waals surface area (Å²) in [6.45, 7) is 3.35. The van der Waals surface area contributed by atoms with Crippen LogP contribution in [-0.2, 0) is 11.2 Å². The monoisotopic (exact) mass is 392 g/mol. The Balaban J connectivity index is 1.37. The summed E-state index contributed by atoms with van der Waals surface area (Å²) in [4.78, 5) is 30.3. The van der Waals surface area contributed by atoms with Crippen LogP contribution < -0.4 is 15.5 Å². The summed E-state index contributed by atoms with van der Waals surface area (Å²) >= 11 is 1.54. The summed E-state index contributed by atoms with van der Waals surface area (Å²) in [5.41, 5.74) is 4.52. The van der Waals surface area contributed by atoms with Crippen LogP contribution in [0.15, 0.2) is 53.9 Å². The van der Waals surface area contributed by atoms with Crippen LogP contribution in [0.25, 0.3) is 10.6 Å². The topological polar surface area (TPSA) is 74.3 Å². The number of urea groups is 1. The minimum atomic E-state index is -0.118. The van der Waals surface area contributed by atoms with E-state index in [1.165, 1.54) is 5.56 Å². The number of rotatable bonds is 5. The van der Waals surface area contributed by atoms with E-state index >= 15 is 0 Å². The molecule has 4 rings (SSSR count). The van der Waals surface area contributed by atoms with Crippen molar-refractivity contribution in [3.05, 3.63) is 65.2 Å². The largest absolute Gasteiger partial charge is 0.336 e. The van der Waals surface area contributed by atoms with Crippen molar-refractivity contribution in [3.63, 3.8) is 0 Å². The molecule has 0 atom stereocenters. The second-order valence-electron chi connectivity index (χ2n) is 6.67. The van der Waals surface area contributed by atoms with E-state index in [4.69, 9.17) is 0 Å². The molecule has 2 heterocycles. The van der Waals surface area contributed by atoms with Crippen molar-refractivity contribution in [3.8, 4) is 10.6 Å². The SMILES string of the molecule is Cc1cccc(-c2nc(CC(=O)Nc3ccc(N4CCNC4=O)cc3)cs2)c1. The smallest absolute Gasteiger partial charge is 0.321 e. The third-order valence-electron chi connectivity index (χ3n) is 4.48. The average molecular weight is 392 g/mol. The molecule has 28 heavy (non-hydrogen) atoms. The van der Waals surface area contributed by atoms with Crippen LogP contribution in [0, 0.1) is 6.92 Å². The lowest BCUT2D eigenvalue weighted by molar-refractivity contribution is -0.115. The van der Waals surface area contributed by atoms with Crippen molar-refractivity contribution in [2.24, 2.45) is 0 Å². The number of hydrogen-bond donors (Lipinski definition) is 2. The van der Waals surface area contributed by atoms with Crippen LogP contribution >= 0.6 is 11.3 Å². The number of hydrogen-bond acceptors (Lipinski definition) is 4. The Labute approximate surface area is 167 Å². The number of nitrogens with zero attached hydrogens (tertiary/aromatic N) is 2. The summed E-state index contributed by atoms with van der Waals surface area (Å²) in [6.07, 6.45) is 0.221. The number of amides is 3. The van der Waals surface area contributed by atoms with Crippen LogP contribution in [0.3, 0.4) is 0 Å². The van der Waals surface area contributed by atoms with Gasteiger partial charge in [-0.05, 0) is 37.3 Å². The maximum Gasteiger partial charge on any atom is 0.321 e. The van der Waals surface area contributed by atoms with Gasteiger partial charge in [-0.25, -0.2) is 9.78 Å². The molecule has 3 amide bonds. The zero-order valence-corrected chi connectivity index (χ0v) is 16.3. The lowest BCUT2D eigenvalue weighted by Crippen LogP contribution is -2.27. The molecule has 1 aliphatic heterocycles. The number of benzene rings is 2. The molecule has 0 radical (unpaired) electrons. The molecule has 0 unspecified atom stereocenters. The maximum absolute atomic E-state index is 12.4. The van der Waals surface area contributed by atoms with E-state index < -0.39 is 0 Å². The van der Waals surface area contributed by atoms with Gasteiger partial charge in [0.1, 0.15) is 5.01 Å². The van der Waals surface area contributed by atoms with Crippen molar-refractivity contribution in [1.82, 2.24) is 10.3 Å². The highest BCUT2D eigenvalue weighted by Gasteiger charge is 2.20. The fraction of sp³-hybridized carbons (Fsp3) is 0.190. The highest BCUT2D eigenvalue weighted by Crippen LogP contribution is 2.25. The number of carbonyl (C=O) groups excluding carboxylic acids is 2. The average Bonchev–Trinajstić information content (AvgIpc) is 3.31. The van der Waals surface area contributed by atoms with E-state index in [2.05, 4.69) is 21.7 Å². The summed E-state index contributed by atoms with van der Waals surface area (Å²) in [5.74, 6) is -0.118. The zero-order valence-electron chi connectivity index (χ0n) is 15.4. The predicted octanol–water partition coefficient (Wildman–Crippen LogP) is 3.83. The Morgan fingerprint density at radius 1 is 1.25 bits per heavy atom. The van der Waals surface area contributed by atoms with Gasteiger partial charge in [0.15, 0.2) is 0 Å². The Morgan fingerprint density at radius 2 is 2.07 bits per heavy atom. The molecule has 1 aromatic heterocycles. The first-order valence-corrected chi connectivity index (χ1v) is 9.93. The Kier molecular flexibility index (Phi) is 5.08. The summed E-state index contributed by atoms with van der Waals surface area (Å²) < 4.78 is 0. The van der Waals surface area contributed by atoms with E-state index in [9.17, 15) is 9.59 Å². The number of carbonyl (C=O) groups is 2. The van der Waals surface area contributed by atoms with E-state index in [1.807, 2.05) is 42.6 Å². The van der Waals surface area contributed by atoms with Crippen LogP contribution in [0.1, 0.15) is 11.3 Å². The molecule has 0 saturated carbocycles. The van der Waals surface area contributed by atoms with Crippen LogP contribution in [-0.4, -0.2) is 30.0 Å². The van der Waals surface area contributed by atoms with Gasteiger partial charge in [0, 0.05) is 35.4 Å². The van der Waals surface area contributed by atoms with Crippen LogP contribution in [0.5, 0.6) is 0 Å². The standard InChI is InChI=1S/C21H20N4O2S/c1-14-3-2-4-15(11-14)20-24-17(13-28-20)12-19(26)23-16-5-7-18(8-6-16)25-10-9-22-21(25)27/h2-8,11,13H,9-10,12H2,1H3,(H,22,27)(H,23,26). The number of thiazole rings is 1. The molecule has 1 fully saturated rings. The Bertz CT molecular complexity index is 1010. The summed E-state index contributed by atoms with van der Waals surface area (Å²) in [6, 6.07) is 15.3. The van der Waals surface area contributed by atoms with Crippen molar-refractivity contribution in [1.29, 1.82) is 0 Å². The van der Waals surface area contributed by atoms with E-state index in [1.54, 1.807) is 28.4 Å². The second-order valence-corrected chi connectivity index (χ2v) is 7.53. The third kappa shape index (κ3) is 4.04.